The molecule has 0 aliphatic carbocycles. The van der Waals surface area contributed by atoms with Crippen molar-refractivity contribution in [1.82, 2.24) is 15.5 Å². The molecule has 0 aromatic heterocycles. The highest BCUT2D eigenvalue weighted by atomic mass is 19.3. The second-order valence-electron chi connectivity index (χ2n) is 8.23. The van der Waals surface area contributed by atoms with Crippen molar-refractivity contribution in [2.24, 2.45) is 16.8 Å². The molecule has 1 aliphatic heterocycles. The number of guanidine groups is 1. The van der Waals surface area contributed by atoms with E-state index in [1.807, 2.05) is 6.92 Å². The minimum atomic E-state index is -2.86. The van der Waals surface area contributed by atoms with E-state index in [-0.39, 0.29) is 12.3 Å². The standard InChI is InChI=1S/C22H36F2N4O2/c1-4-25-22(26-12-17-6-5-11-28(15-17)14-16(2)3)27-13-20(29)18-7-9-19(10-8-18)30-21(23)24/h7-10,16-17,20-21,29H,4-6,11-15H2,1-3H3,(H2,25,26,27). The van der Waals surface area contributed by atoms with Gasteiger partial charge in [0.1, 0.15) is 5.75 Å². The Morgan fingerprint density at radius 1 is 1.27 bits per heavy atom. The number of ether oxygens (including phenoxy) is 1. The van der Waals surface area contributed by atoms with Crippen molar-refractivity contribution in [2.45, 2.75) is 46.3 Å². The second kappa shape index (κ2) is 12.7. The number of rotatable bonds is 10. The Bertz CT molecular complexity index is 641. The highest BCUT2D eigenvalue weighted by Crippen LogP contribution is 2.20. The minimum Gasteiger partial charge on any atom is -0.435 e. The van der Waals surface area contributed by atoms with Crippen molar-refractivity contribution in [1.29, 1.82) is 0 Å². The number of halogens is 2. The summed E-state index contributed by atoms with van der Waals surface area (Å²) >= 11 is 0. The van der Waals surface area contributed by atoms with Gasteiger partial charge in [-0.15, -0.1) is 0 Å². The normalized spacial score (nSPS) is 19.2. The molecule has 1 saturated heterocycles. The molecule has 1 heterocycles. The Labute approximate surface area is 178 Å². The number of likely N-dealkylation sites (tertiary alicyclic amines) is 1. The van der Waals surface area contributed by atoms with Crippen LogP contribution in [0.5, 0.6) is 5.75 Å². The number of nitrogens with one attached hydrogen (secondary N) is 2. The molecule has 0 radical (unpaired) electrons. The molecule has 1 aliphatic rings. The minimum absolute atomic E-state index is 0.0680. The fourth-order valence-electron chi connectivity index (χ4n) is 3.74. The third kappa shape index (κ3) is 8.83. The van der Waals surface area contributed by atoms with Crippen LogP contribution in [-0.4, -0.2) is 61.8 Å². The smallest absolute Gasteiger partial charge is 0.387 e. The van der Waals surface area contributed by atoms with Crippen molar-refractivity contribution < 1.29 is 18.6 Å². The van der Waals surface area contributed by atoms with Crippen LogP contribution in [0, 0.1) is 11.8 Å². The Morgan fingerprint density at radius 2 is 2.00 bits per heavy atom. The van der Waals surface area contributed by atoms with Gasteiger partial charge in [0.2, 0.25) is 0 Å². The fourth-order valence-corrected chi connectivity index (χ4v) is 3.74. The molecule has 3 N–H and O–H groups in total. The van der Waals surface area contributed by atoms with Gasteiger partial charge >= 0.3 is 6.61 Å². The van der Waals surface area contributed by atoms with Crippen LogP contribution in [0.2, 0.25) is 0 Å². The number of aliphatic hydroxyl groups excluding tert-OH is 1. The SMILES string of the molecule is CCNC(=NCC(O)c1ccc(OC(F)F)cc1)NCC1CCCN(CC(C)C)C1. The molecular formula is C22H36F2N4O2. The maximum absolute atomic E-state index is 12.2. The molecule has 30 heavy (non-hydrogen) atoms. The molecule has 2 rings (SSSR count). The molecule has 170 valence electrons. The van der Waals surface area contributed by atoms with E-state index < -0.39 is 12.7 Å². The zero-order chi connectivity index (χ0) is 21.9. The van der Waals surface area contributed by atoms with Gasteiger partial charge in [-0.25, -0.2) is 0 Å². The van der Waals surface area contributed by atoms with Crippen LogP contribution < -0.4 is 15.4 Å². The van der Waals surface area contributed by atoms with Crippen LogP contribution in [0.3, 0.4) is 0 Å². The number of hydrogen-bond acceptors (Lipinski definition) is 4. The van der Waals surface area contributed by atoms with Crippen molar-refractivity contribution in [3.8, 4) is 5.75 Å². The summed E-state index contributed by atoms with van der Waals surface area (Å²) in [6.07, 6.45) is 1.60. The average Bonchev–Trinajstić information content (AvgIpc) is 2.70. The van der Waals surface area contributed by atoms with Gasteiger partial charge in [0.15, 0.2) is 5.96 Å². The summed E-state index contributed by atoms with van der Waals surface area (Å²) in [6.45, 7) is 8.80. The van der Waals surface area contributed by atoms with Crippen LogP contribution >= 0.6 is 0 Å². The van der Waals surface area contributed by atoms with Gasteiger partial charge in [0.05, 0.1) is 12.6 Å². The van der Waals surface area contributed by atoms with Gasteiger partial charge in [0, 0.05) is 26.2 Å². The first kappa shape index (κ1) is 24.3. The molecule has 0 spiro atoms. The first-order valence-electron chi connectivity index (χ1n) is 10.8. The number of piperidine rings is 1. The molecule has 1 aromatic rings. The van der Waals surface area contributed by atoms with Crippen molar-refractivity contribution in [3.63, 3.8) is 0 Å². The summed E-state index contributed by atoms with van der Waals surface area (Å²) in [4.78, 5) is 7.03. The van der Waals surface area contributed by atoms with Crippen molar-refractivity contribution in [2.75, 3.05) is 39.3 Å². The third-order valence-corrected chi connectivity index (χ3v) is 5.04. The monoisotopic (exact) mass is 426 g/mol. The van der Waals surface area contributed by atoms with Crippen LogP contribution in [0.15, 0.2) is 29.3 Å². The molecule has 1 fully saturated rings. The van der Waals surface area contributed by atoms with E-state index in [4.69, 9.17) is 0 Å². The largest absolute Gasteiger partial charge is 0.435 e. The van der Waals surface area contributed by atoms with Crippen molar-refractivity contribution >= 4 is 5.96 Å². The zero-order valence-electron chi connectivity index (χ0n) is 18.3. The van der Waals surface area contributed by atoms with Gasteiger partial charge in [-0.3, -0.25) is 4.99 Å². The van der Waals surface area contributed by atoms with E-state index >= 15 is 0 Å². The molecule has 2 unspecified atom stereocenters. The van der Waals surface area contributed by atoms with Gasteiger partial charge in [-0.2, -0.15) is 8.78 Å². The van der Waals surface area contributed by atoms with Crippen molar-refractivity contribution in [3.05, 3.63) is 29.8 Å². The molecule has 0 amide bonds. The Kier molecular flexibility index (Phi) is 10.3. The number of aliphatic imine (C=N–C) groups is 1. The van der Waals surface area contributed by atoms with Gasteiger partial charge in [-0.1, -0.05) is 26.0 Å². The van der Waals surface area contributed by atoms with Crippen LogP contribution in [0.25, 0.3) is 0 Å². The van der Waals surface area contributed by atoms with Gasteiger partial charge in [-0.05, 0) is 55.8 Å². The predicted octanol–water partition coefficient (Wildman–Crippen LogP) is 3.24. The predicted molar refractivity (Wildman–Crippen MR) is 116 cm³/mol. The third-order valence-electron chi connectivity index (χ3n) is 5.04. The number of nitrogens with zero attached hydrogens (tertiary/aromatic N) is 2. The quantitative estimate of drug-likeness (QED) is 0.396. The molecule has 1 aromatic carbocycles. The molecular weight excluding hydrogens is 390 g/mol. The van der Waals surface area contributed by atoms with Gasteiger partial charge in [0.25, 0.3) is 0 Å². The number of hydrogen-bond donors (Lipinski definition) is 3. The molecule has 0 bridgehead atoms. The Morgan fingerprint density at radius 3 is 2.63 bits per heavy atom. The Hall–Kier alpha value is -1.93. The lowest BCUT2D eigenvalue weighted by atomic mass is 9.97. The topological polar surface area (TPSA) is 69.1 Å². The lowest BCUT2D eigenvalue weighted by Crippen LogP contribution is -2.45. The van der Waals surface area contributed by atoms with E-state index in [9.17, 15) is 13.9 Å². The maximum atomic E-state index is 12.2. The van der Waals surface area contributed by atoms with E-state index in [1.165, 1.54) is 31.5 Å². The zero-order valence-corrected chi connectivity index (χ0v) is 18.3. The van der Waals surface area contributed by atoms with Crippen LogP contribution in [0.4, 0.5) is 8.78 Å². The van der Waals surface area contributed by atoms with Gasteiger partial charge < -0.3 is 25.4 Å². The first-order chi connectivity index (χ1) is 14.4. The second-order valence-corrected chi connectivity index (χ2v) is 8.23. The highest BCUT2D eigenvalue weighted by molar-refractivity contribution is 5.79. The molecule has 2 atom stereocenters. The van der Waals surface area contributed by atoms with E-state index in [1.54, 1.807) is 12.1 Å². The highest BCUT2D eigenvalue weighted by Gasteiger charge is 2.20. The van der Waals surface area contributed by atoms with Crippen LogP contribution in [-0.2, 0) is 0 Å². The number of aliphatic hydroxyl groups is 1. The molecule has 8 heteroatoms. The summed E-state index contributed by atoms with van der Waals surface area (Å²) < 4.78 is 28.8. The molecule has 6 nitrogen and oxygen atoms in total. The number of alkyl halides is 2. The first-order valence-corrected chi connectivity index (χ1v) is 10.8. The maximum Gasteiger partial charge on any atom is 0.387 e. The van der Waals surface area contributed by atoms with E-state index in [0.717, 1.165) is 26.2 Å². The summed E-state index contributed by atoms with van der Waals surface area (Å²) in [5, 5.41) is 17.0. The molecule has 0 saturated carbocycles. The summed E-state index contributed by atoms with van der Waals surface area (Å²) in [5.41, 5.74) is 0.604. The summed E-state index contributed by atoms with van der Waals surface area (Å²) in [7, 11) is 0. The summed E-state index contributed by atoms with van der Waals surface area (Å²) in [5.74, 6) is 2.00. The number of benzene rings is 1. The van der Waals surface area contributed by atoms with E-state index in [0.29, 0.717) is 23.4 Å². The van der Waals surface area contributed by atoms with E-state index in [2.05, 4.69) is 39.1 Å². The fraction of sp³-hybridized carbons (Fsp3) is 0.682. The lowest BCUT2D eigenvalue weighted by molar-refractivity contribution is -0.0498. The summed E-state index contributed by atoms with van der Waals surface area (Å²) in [6, 6.07) is 5.99. The average molecular weight is 427 g/mol. The Balaban J connectivity index is 1.85. The van der Waals surface area contributed by atoms with Crippen LogP contribution in [0.1, 0.15) is 45.3 Å². The lowest BCUT2D eigenvalue weighted by Gasteiger charge is -2.34.